The van der Waals surface area contributed by atoms with Crippen LogP contribution in [-0.2, 0) is 0 Å². The van der Waals surface area contributed by atoms with Gasteiger partial charge in [-0.1, -0.05) is 97.1 Å². The molecular formula is C33H21N7. The van der Waals surface area contributed by atoms with Crippen LogP contribution in [0, 0.1) is 0 Å². The average molecular weight is 516 g/mol. The molecule has 3 aliphatic rings. The Balaban J connectivity index is 1.43. The van der Waals surface area contributed by atoms with Gasteiger partial charge in [0.05, 0.1) is 5.71 Å². The van der Waals surface area contributed by atoms with Gasteiger partial charge >= 0.3 is 0 Å². The summed E-state index contributed by atoms with van der Waals surface area (Å²) in [7, 11) is 0. The van der Waals surface area contributed by atoms with Crippen molar-refractivity contribution in [2.24, 2.45) is 25.0 Å². The Morgan fingerprint density at radius 3 is 1.80 bits per heavy atom. The van der Waals surface area contributed by atoms with Crippen molar-refractivity contribution in [1.82, 2.24) is 9.97 Å². The van der Waals surface area contributed by atoms with Crippen LogP contribution >= 0.6 is 0 Å². The number of benzene rings is 4. The summed E-state index contributed by atoms with van der Waals surface area (Å²) in [5, 5.41) is 5.09. The van der Waals surface area contributed by atoms with Gasteiger partial charge in [-0.25, -0.2) is 20.0 Å². The Kier molecular flexibility index (Phi) is 4.32. The van der Waals surface area contributed by atoms with Crippen LogP contribution < -0.4 is 21.8 Å². The summed E-state index contributed by atoms with van der Waals surface area (Å²) in [6.07, 6.45) is 1.34. The number of aliphatic imine (C=N–C) groups is 2. The van der Waals surface area contributed by atoms with Gasteiger partial charge in [0.2, 0.25) is 0 Å². The molecule has 2 aromatic heterocycles. The van der Waals surface area contributed by atoms with Crippen LogP contribution in [0.2, 0.25) is 0 Å². The zero-order chi connectivity index (χ0) is 26.2. The number of amidine groups is 1. The molecule has 188 valence electrons. The van der Waals surface area contributed by atoms with Gasteiger partial charge in [0.15, 0.2) is 18.2 Å². The maximum absolute atomic E-state index is 5.14. The predicted octanol–water partition coefficient (Wildman–Crippen LogP) is 3.96. The van der Waals surface area contributed by atoms with Crippen molar-refractivity contribution in [3.63, 3.8) is 0 Å². The summed E-state index contributed by atoms with van der Waals surface area (Å²) in [6, 6.07) is 33.0. The minimum Gasteiger partial charge on any atom is -0.339 e. The van der Waals surface area contributed by atoms with E-state index in [0.29, 0.717) is 5.84 Å². The summed E-state index contributed by atoms with van der Waals surface area (Å²) in [5.74, 6) is 0.657. The van der Waals surface area contributed by atoms with E-state index >= 15 is 0 Å². The second-order valence-corrected chi connectivity index (χ2v) is 10.2. The smallest absolute Gasteiger partial charge is 0.170 e. The van der Waals surface area contributed by atoms with Crippen molar-refractivity contribution in [2.45, 2.75) is 12.3 Å². The molecule has 0 spiro atoms. The Hall–Kier alpha value is -5.43. The third kappa shape index (κ3) is 3.09. The van der Waals surface area contributed by atoms with Crippen molar-refractivity contribution >= 4 is 39.2 Å². The van der Waals surface area contributed by atoms with E-state index < -0.39 is 6.17 Å². The van der Waals surface area contributed by atoms with E-state index in [1.54, 1.807) is 0 Å². The number of H-pyrrole nitrogens is 2. The lowest BCUT2D eigenvalue weighted by Crippen LogP contribution is -2.14. The Morgan fingerprint density at radius 2 is 1.02 bits per heavy atom. The van der Waals surface area contributed by atoms with Crippen molar-refractivity contribution in [1.29, 1.82) is 0 Å². The molecule has 0 aliphatic carbocycles. The zero-order valence-electron chi connectivity index (χ0n) is 21.2. The van der Waals surface area contributed by atoms with Gasteiger partial charge in [0.1, 0.15) is 16.5 Å². The maximum Gasteiger partial charge on any atom is 0.170 e. The van der Waals surface area contributed by atoms with E-state index in [1.165, 1.54) is 0 Å². The molecule has 40 heavy (non-hydrogen) atoms. The van der Waals surface area contributed by atoms with E-state index in [9.17, 15) is 0 Å². The first-order valence-corrected chi connectivity index (χ1v) is 13.3. The van der Waals surface area contributed by atoms with Crippen molar-refractivity contribution in [3.05, 3.63) is 141 Å². The lowest BCUT2D eigenvalue weighted by atomic mass is 10.0. The van der Waals surface area contributed by atoms with Crippen LogP contribution in [0.3, 0.4) is 0 Å². The van der Waals surface area contributed by atoms with Crippen LogP contribution in [0.5, 0.6) is 0 Å². The highest BCUT2D eigenvalue weighted by atomic mass is 15.1. The van der Waals surface area contributed by atoms with Gasteiger partial charge in [0.25, 0.3) is 0 Å². The highest BCUT2D eigenvalue weighted by Gasteiger charge is 2.26. The molecule has 2 unspecified atom stereocenters. The molecule has 0 radical (unpaired) electrons. The van der Waals surface area contributed by atoms with Gasteiger partial charge in [-0.2, -0.15) is 0 Å². The first kappa shape index (κ1) is 21.5. The average Bonchev–Trinajstić information content (AvgIpc) is 3.73. The van der Waals surface area contributed by atoms with Crippen LogP contribution in [-0.4, -0.2) is 21.5 Å². The summed E-state index contributed by atoms with van der Waals surface area (Å²) in [6.45, 7) is 0. The van der Waals surface area contributed by atoms with E-state index in [1.807, 2.05) is 36.4 Å². The number of aromatic nitrogens is 2. The molecule has 5 heterocycles. The van der Waals surface area contributed by atoms with Gasteiger partial charge < -0.3 is 9.97 Å². The molecule has 3 aliphatic heterocycles. The molecule has 7 heteroatoms. The largest absolute Gasteiger partial charge is 0.339 e. The maximum atomic E-state index is 5.14. The molecule has 0 saturated heterocycles. The SMILES string of the molecule is C1=c2\[nH]/c(c3ccccc23)=N\C2N=C(N=c3[nH]/c(c4ccccc34)=N\C3N=C/1c1ccccc13)c1ccccc12. The molecule has 7 nitrogen and oxygen atoms in total. The molecule has 4 aromatic carbocycles. The molecule has 0 saturated carbocycles. The van der Waals surface area contributed by atoms with Gasteiger partial charge in [0, 0.05) is 49.1 Å². The fraction of sp³-hybridized carbons (Fsp3) is 0.0606. The fourth-order valence-corrected chi connectivity index (χ4v) is 6.03. The third-order valence-corrected chi connectivity index (χ3v) is 7.90. The number of aromatic amines is 2. The Labute approximate surface area is 227 Å². The molecule has 9 rings (SSSR count). The molecule has 6 aromatic rings. The Morgan fingerprint density at radius 1 is 0.475 bits per heavy atom. The number of hydrogen-bond acceptors (Lipinski definition) is 5. The molecule has 0 amide bonds. The van der Waals surface area contributed by atoms with Crippen LogP contribution in [0.25, 0.3) is 27.6 Å². The van der Waals surface area contributed by atoms with Gasteiger partial charge in [-0.15, -0.1) is 0 Å². The van der Waals surface area contributed by atoms with Crippen molar-refractivity contribution < 1.29 is 0 Å². The molecular weight excluding hydrogens is 494 g/mol. The van der Waals surface area contributed by atoms with Crippen LogP contribution in [0.15, 0.2) is 122 Å². The van der Waals surface area contributed by atoms with E-state index in [-0.39, 0.29) is 6.17 Å². The lowest BCUT2D eigenvalue weighted by Gasteiger charge is -2.03. The number of hydrogen-bond donors (Lipinski definition) is 2. The van der Waals surface area contributed by atoms with E-state index in [2.05, 4.69) is 76.7 Å². The molecule has 8 bridgehead atoms. The second kappa shape index (κ2) is 8.04. The lowest BCUT2D eigenvalue weighted by molar-refractivity contribution is 0.759. The number of rotatable bonds is 0. The quantitative estimate of drug-likeness (QED) is 0.307. The molecule has 2 N–H and O–H groups in total. The van der Waals surface area contributed by atoms with Crippen molar-refractivity contribution in [3.8, 4) is 0 Å². The van der Waals surface area contributed by atoms with E-state index in [4.69, 9.17) is 25.0 Å². The summed E-state index contributed by atoms with van der Waals surface area (Å²) >= 11 is 0. The first-order valence-electron chi connectivity index (χ1n) is 13.3. The normalized spacial score (nSPS) is 21.1. The molecule has 2 atom stereocenters. The fourth-order valence-electron chi connectivity index (χ4n) is 6.03. The summed E-state index contributed by atoms with van der Waals surface area (Å²) < 4.78 is 0. The number of fused-ring (bicyclic) bond motifs is 18. The Bertz CT molecular complexity index is 2190. The van der Waals surface area contributed by atoms with Crippen LogP contribution in [0.1, 0.15) is 34.6 Å². The highest BCUT2D eigenvalue weighted by Crippen LogP contribution is 2.32. The predicted molar refractivity (Wildman–Crippen MR) is 156 cm³/mol. The summed E-state index contributed by atoms with van der Waals surface area (Å²) in [4.78, 5) is 32.6. The monoisotopic (exact) mass is 515 g/mol. The summed E-state index contributed by atoms with van der Waals surface area (Å²) in [5.41, 5.74) is 7.34. The number of nitrogens with zero attached hydrogens (tertiary/aromatic N) is 5. The highest BCUT2D eigenvalue weighted by molar-refractivity contribution is 6.23. The molecule has 0 fully saturated rings. The standard InChI is InChI=1S/C33H21N7/c1-3-11-20-18(9-1)26-17-27-19-10-2-4-12-21(19)29(35-27)37-31-23-14-6-8-16-25(23)33(39-31)40-32-24-15-7-5-13-22(24)30(38-32)36-28(20)34-26/h1-17,28,31H,(H,35,37)(H,36,38,39,40)/b27-17-. The minimum absolute atomic E-state index is 0.371. The zero-order valence-corrected chi connectivity index (χ0v) is 21.2. The first-order chi connectivity index (χ1) is 19.8. The van der Waals surface area contributed by atoms with Crippen LogP contribution in [0.4, 0.5) is 0 Å². The van der Waals surface area contributed by atoms with E-state index in [0.717, 1.165) is 71.3 Å². The van der Waals surface area contributed by atoms with Crippen molar-refractivity contribution in [2.75, 3.05) is 0 Å². The third-order valence-electron chi connectivity index (χ3n) is 7.90. The van der Waals surface area contributed by atoms with Gasteiger partial charge in [-0.3, -0.25) is 4.99 Å². The minimum atomic E-state index is -0.405. The second-order valence-electron chi connectivity index (χ2n) is 10.2. The topological polar surface area (TPSA) is 93.4 Å². The number of nitrogens with one attached hydrogen (secondary N) is 2. The van der Waals surface area contributed by atoms with Gasteiger partial charge in [-0.05, 0) is 6.08 Å².